The minimum Gasteiger partial charge on any atom is -0.488 e. The van der Waals surface area contributed by atoms with E-state index in [4.69, 9.17) is 16.3 Å². The van der Waals surface area contributed by atoms with Crippen LogP contribution < -0.4 is 9.46 Å². The number of hydrogen-bond acceptors (Lipinski definition) is 6. The van der Waals surface area contributed by atoms with Crippen LogP contribution in [0, 0.1) is 11.8 Å². The average molecular weight is 578 g/mol. The number of likely N-dealkylation sites (N-methyl/N-ethyl adjacent to an activating group) is 1. The Kier molecular flexibility index (Phi) is 9.80. The third-order valence-corrected chi connectivity index (χ3v) is 9.48. The average Bonchev–Trinajstić information content (AvgIpc) is 2.91. The second-order valence-corrected chi connectivity index (χ2v) is 13.2. The van der Waals surface area contributed by atoms with Gasteiger partial charge < -0.3 is 19.6 Å². The number of hydrogen-bond donors (Lipinski definition) is 2. The molecule has 2 N–H and O–H groups in total. The number of benzene rings is 2. The molecule has 0 radical (unpaired) electrons. The van der Waals surface area contributed by atoms with E-state index in [0.717, 1.165) is 6.54 Å². The molecule has 1 saturated carbocycles. The van der Waals surface area contributed by atoms with Gasteiger partial charge in [-0.05, 0) is 75.2 Å². The lowest BCUT2D eigenvalue weighted by atomic mass is 9.89. The fourth-order valence-corrected chi connectivity index (χ4v) is 6.70. The molecule has 0 unspecified atom stereocenters. The number of aliphatic hydroxyl groups is 1. The molecule has 214 valence electrons. The van der Waals surface area contributed by atoms with Crippen molar-refractivity contribution >= 4 is 33.2 Å². The van der Waals surface area contributed by atoms with Gasteiger partial charge in [0.05, 0.1) is 23.1 Å². The Balaban J connectivity index is 1.60. The molecule has 0 saturated heterocycles. The highest BCUT2D eigenvalue weighted by Gasteiger charge is 2.34. The van der Waals surface area contributed by atoms with Crippen LogP contribution >= 0.6 is 11.6 Å². The summed E-state index contributed by atoms with van der Waals surface area (Å²) in [6.45, 7) is 5.84. The summed E-state index contributed by atoms with van der Waals surface area (Å²) in [6.07, 6.45) is 6.25. The largest absolute Gasteiger partial charge is 0.488 e. The van der Waals surface area contributed by atoms with Crippen LogP contribution in [0.25, 0.3) is 0 Å². The number of fused-ring (bicyclic) bond motifs is 1. The molecule has 1 aliphatic carbocycles. The van der Waals surface area contributed by atoms with Crippen LogP contribution in [-0.2, 0) is 10.0 Å². The van der Waals surface area contributed by atoms with Crippen LogP contribution in [0.3, 0.4) is 0 Å². The number of anilines is 1. The Hall–Kier alpha value is -2.33. The summed E-state index contributed by atoms with van der Waals surface area (Å²) in [5.74, 6) is 0.823. The standard InChI is InChI=1S/C29H40ClN3O5S/c1-20-16-33(21(2)19-34)29(35)26-15-24(31-39(36,37)25-12-9-23(30)10-13-25)11-14-27(26)38-28(20)18-32(3)17-22-7-5-4-6-8-22/h9-15,20-22,28,31,34H,4-8,16-19H2,1-3H3/t20-,21-,28+/m1/s1. The topological polar surface area (TPSA) is 99.2 Å². The zero-order chi connectivity index (χ0) is 28.2. The van der Waals surface area contributed by atoms with Crippen molar-refractivity contribution in [2.45, 2.75) is 63.0 Å². The summed E-state index contributed by atoms with van der Waals surface area (Å²) < 4.78 is 35.0. The third kappa shape index (κ3) is 7.45. The molecule has 2 aliphatic rings. The number of rotatable bonds is 9. The van der Waals surface area contributed by atoms with E-state index in [-0.39, 0.29) is 40.7 Å². The minimum atomic E-state index is -3.90. The molecule has 4 rings (SSSR count). The van der Waals surface area contributed by atoms with Crippen LogP contribution in [0.2, 0.25) is 5.02 Å². The molecule has 1 fully saturated rings. The van der Waals surface area contributed by atoms with E-state index in [1.165, 1.54) is 62.4 Å². The lowest BCUT2D eigenvalue weighted by molar-refractivity contribution is 0.0330. The zero-order valence-electron chi connectivity index (χ0n) is 23.0. The van der Waals surface area contributed by atoms with Crippen molar-refractivity contribution in [3.05, 3.63) is 53.1 Å². The molecule has 0 aromatic heterocycles. The van der Waals surface area contributed by atoms with Gasteiger partial charge in [0.2, 0.25) is 0 Å². The Morgan fingerprint density at radius 1 is 1.13 bits per heavy atom. The van der Waals surface area contributed by atoms with Gasteiger partial charge in [0.1, 0.15) is 11.9 Å². The Morgan fingerprint density at radius 3 is 2.49 bits per heavy atom. The van der Waals surface area contributed by atoms with Gasteiger partial charge in [-0.2, -0.15) is 0 Å². The van der Waals surface area contributed by atoms with Crippen molar-refractivity contribution < 1.29 is 23.1 Å². The number of amides is 1. The molecule has 3 atom stereocenters. The number of halogens is 1. The van der Waals surface area contributed by atoms with Crippen LogP contribution in [-0.4, -0.2) is 74.7 Å². The summed E-state index contributed by atoms with van der Waals surface area (Å²) >= 11 is 5.91. The van der Waals surface area contributed by atoms with Gasteiger partial charge in [-0.15, -0.1) is 0 Å². The fraction of sp³-hybridized carbons (Fsp3) is 0.552. The van der Waals surface area contributed by atoms with E-state index >= 15 is 0 Å². The molecule has 0 bridgehead atoms. The van der Waals surface area contributed by atoms with E-state index in [2.05, 4.69) is 23.6 Å². The maximum Gasteiger partial charge on any atom is 0.261 e. The molecule has 1 heterocycles. The second kappa shape index (κ2) is 12.9. The highest BCUT2D eigenvalue weighted by Crippen LogP contribution is 2.32. The molecule has 1 amide bonds. The first-order valence-electron chi connectivity index (χ1n) is 13.8. The molecule has 1 aliphatic heterocycles. The van der Waals surface area contributed by atoms with Gasteiger partial charge in [0.15, 0.2) is 0 Å². The van der Waals surface area contributed by atoms with Crippen molar-refractivity contribution in [3.8, 4) is 5.75 Å². The summed E-state index contributed by atoms with van der Waals surface area (Å²) in [6, 6.07) is 10.2. The quantitative estimate of drug-likeness (QED) is 0.441. The Bertz CT molecular complexity index is 1230. The predicted octanol–water partition coefficient (Wildman–Crippen LogP) is 4.87. The second-order valence-electron chi connectivity index (χ2n) is 11.1. The van der Waals surface area contributed by atoms with E-state index in [1.807, 2.05) is 6.92 Å². The molecular formula is C29H40ClN3O5S. The van der Waals surface area contributed by atoms with Crippen molar-refractivity contribution in [1.82, 2.24) is 9.80 Å². The Labute approximate surface area is 237 Å². The molecule has 10 heteroatoms. The van der Waals surface area contributed by atoms with E-state index in [1.54, 1.807) is 17.0 Å². The smallest absolute Gasteiger partial charge is 0.261 e. The molecular weight excluding hydrogens is 538 g/mol. The maximum atomic E-state index is 13.7. The van der Waals surface area contributed by atoms with Crippen molar-refractivity contribution in [2.75, 3.05) is 38.0 Å². The zero-order valence-corrected chi connectivity index (χ0v) is 24.5. The normalized spacial score (nSPS) is 21.6. The lowest BCUT2D eigenvalue weighted by Gasteiger charge is -2.38. The number of carbonyl (C=O) groups is 1. The van der Waals surface area contributed by atoms with Crippen molar-refractivity contribution in [1.29, 1.82) is 0 Å². The minimum absolute atomic E-state index is 0.0213. The van der Waals surface area contributed by atoms with Crippen molar-refractivity contribution in [3.63, 3.8) is 0 Å². The number of sulfonamides is 1. The van der Waals surface area contributed by atoms with Gasteiger partial charge in [0, 0.05) is 36.3 Å². The highest BCUT2D eigenvalue weighted by molar-refractivity contribution is 7.92. The first-order valence-corrected chi connectivity index (χ1v) is 15.6. The first kappa shape index (κ1) is 29.6. The van der Waals surface area contributed by atoms with E-state index in [9.17, 15) is 18.3 Å². The molecule has 39 heavy (non-hydrogen) atoms. The number of nitrogens with one attached hydrogen (secondary N) is 1. The van der Waals surface area contributed by atoms with Crippen molar-refractivity contribution in [2.24, 2.45) is 11.8 Å². The van der Waals surface area contributed by atoms with Crippen LogP contribution in [0.5, 0.6) is 5.75 Å². The van der Waals surface area contributed by atoms with Gasteiger partial charge in [-0.3, -0.25) is 9.52 Å². The number of aliphatic hydroxyl groups excluding tert-OH is 1. The highest BCUT2D eigenvalue weighted by atomic mass is 35.5. The maximum absolute atomic E-state index is 13.7. The lowest BCUT2D eigenvalue weighted by Crippen LogP contribution is -2.50. The molecule has 2 aromatic rings. The monoisotopic (exact) mass is 577 g/mol. The fourth-order valence-electron chi connectivity index (χ4n) is 5.52. The summed E-state index contributed by atoms with van der Waals surface area (Å²) in [5.41, 5.74) is 0.510. The van der Waals surface area contributed by atoms with Gasteiger partial charge >= 0.3 is 0 Å². The summed E-state index contributed by atoms with van der Waals surface area (Å²) in [5, 5.41) is 10.3. The number of carbonyl (C=O) groups excluding carboxylic acids is 1. The van der Waals surface area contributed by atoms with E-state index in [0.29, 0.717) is 29.8 Å². The molecule has 8 nitrogen and oxygen atoms in total. The van der Waals surface area contributed by atoms with Gasteiger partial charge in [-0.25, -0.2) is 8.42 Å². The van der Waals surface area contributed by atoms with Crippen LogP contribution in [0.1, 0.15) is 56.3 Å². The van der Waals surface area contributed by atoms with Gasteiger partial charge in [-0.1, -0.05) is 37.8 Å². The summed E-state index contributed by atoms with van der Waals surface area (Å²) in [7, 11) is -1.77. The number of nitrogens with zero attached hydrogens (tertiary/aromatic N) is 2. The number of ether oxygens (including phenoxy) is 1. The SMILES string of the molecule is C[C@@H]1CN([C@H](C)CO)C(=O)c2cc(NS(=O)(=O)c3ccc(Cl)cc3)ccc2O[C@H]1CN(C)CC1CCCCC1. The van der Waals surface area contributed by atoms with Gasteiger partial charge in [0.25, 0.3) is 15.9 Å². The molecule has 2 aromatic carbocycles. The van der Waals surface area contributed by atoms with Crippen LogP contribution in [0.15, 0.2) is 47.4 Å². The predicted molar refractivity (Wildman–Crippen MR) is 154 cm³/mol. The first-order chi connectivity index (χ1) is 18.6. The van der Waals surface area contributed by atoms with Crippen LogP contribution in [0.4, 0.5) is 5.69 Å². The van der Waals surface area contributed by atoms with E-state index < -0.39 is 16.1 Å². The Morgan fingerprint density at radius 2 is 1.82 bits per heavy atom. The summed E-state index contributed by atoms with van der Waals surface area (Å²) in [4.78, 5) is 17.7. The molecule has 0 spiro atoms. The third-order valence-electron chi connectivity index (χ3n) is 7.83.